The van der Waals surface area contributed by atoms with Crippen molar-refractivity contribution in [2.45, 2.75) is 13.0 Å². The van der Waals surface area contributed by atoms with Crippen molar-refractivity contribution in [3.05, 3.63) is 58.8 Å². The lowest BCUT2D eigenvalue weighted by molar-refractivity contribution is 0.325. The molecule has 4 heteroatoms. The standard InChI is InChI=1S/C16H20BrN3/c1-20(13-14-6-3-2-4-7-14)9-5-8-19-16-10-15(17)11-18-12-16/h2-4,6-7,10-12,19H,5,8-9,13H2,1H3. The molecule has 0 saturated carbocycles. The summed E-state index contributed by atoms with van der Waals surface area (Å²) in [6.07, 6.45) is 4.74. The van der Waals surface area contributed by atoms with Gasteiger partial charge in [-0.2, -0.15) is 0 Å². The smallest absolute Gasteiger partial charge is 0.0538 e. The quantitative estimate of drug-likeness (QED) is 0.781. The van der Waals surface area contributed by atoms with Crippen LogP contribution in [-0.4, -0.2) is 30.0 Å². The van der Waals surface area contributed by atoms with Gasteiger partial charge in [0.2, 0.25) is 0 Å². The first-order valence-corrected chi connectivity index (χ1v) is 7.60. The first-order chi connectivity index (χ1) is 9.74. The highest BCUT2D eigenvalue weighted by Crippen LogP contribution is 2.13. The maximum atomic E-state index is 4.13. The Balaban J connectivity index is 1.66. The second-order valence-electron chi connectivity index (χ2n) is 4.90. The number of hydrogen-bond acceptors (Lipinski definition) is 3. The van der Waals surface area contributed by atoms with Crippen LogP contribution >= 0.6 is 15.9 Å². The molecule has 1 aromatic heterocycles. The zero-order valence-electron chi connectivity index (χ0n) is 11.7. The molecule has 0 saturated heterocycles. The van der Waals surface area contributed by atoms with Gasteiger partial charge in [0.25, 0.3) is 0 Å². The third-order valence-corrected chi connectivity index (χ3v) is 3.48. The number of halogens is 1. The minimum absolute atomic E-state index is 0.956. The molecule has 20 heavy (non-hydrogen) atoms. The van der Waals surface area contributed by atoms with Gasteiger partial charge < -0.3 is 10.2 Å². The van der Waals surface area contributed by atoms with Crippen molar-refractivity contribution in [2.24, 2.45) is 0 Å². The number of nitrogens with one attached hydrogen (secondary N) is 1. The summed E-state index contributed by atoms with van der Waals surface area (Å²) in [4.78, 5) is 6.48. The molecule has 0 aliphatic heterocycles. The Kier molecular flexibility index (Phi) is 6.02. The Morgan fingerprint density at radius 2 is 2.00 bits per heavy atom. The van der Waals surface area contributed by atoms with E-state index < -0.39 is 0 Å². The van der Waals surface area contributed by atoms with Gasteiger partial charge in [-0.1, -0.05) is 30.3 Å². The van der Waals surface area contributed by atoms with E-state index in [1.807, 2.05) is 12.3 Å². The Hall–Kier alpha value is -1.39. The molecule has 1 aromatic carbocycles. The minimum atomic E-state index is 0.956. The Morgan fingerprint density at radius 3 is 2.75 bits per heavy atom. The summed E-state index contributed by atoms with van der Waals surface area (Å²) in [5, 5.41) is 3.39. The van der Waals surface area contributed by atoms with E-state index in [1.54, 1.807) is 6.20 Å². The average Bonchev–Trinajstić information content (AvgIpc) is 2.45. The van der Waals surface area contributed by atoms with Crippen molar-refractivity contribution in [1.29, 1.82) is 0 Å². The zero-order valence-corrected chi connectivity index (χ0v) is 13.3. The van der Waals surface area contributed by atoms with Crippen LogP contribution in [0.1, 0.15) is 12.0 Å². The van der Waals surface area contributed by atoms with Crippen LogP contribution in [0.5, 0.6) is 0 Å². The molecule has 0 spiro atoms. The molecule has 0 aliphatic rings. The molecular formula is C16H20BrN3. The number of benzene rings is 1. The van der Waals surface area contributed by atoms with Gasteiger partial charge in [0, 0.05) is 23.8 Å². The van der Waals surface area contributed by atoms with E-state index in [9.17, 15) is 0 Å². The predicted molar refractivity (Wildman–Crippen MR) is 87.8 cm³/mol. The number of aromatic nitrogens is 1. The summed E-state index contributed by atoms with van der Waals surface area (Å²) in [7, 11) is 2.16. The second kappa shape index (κ2) is 8.02. The fraction of sp³-hybridized carbons (Fsp3) is 0.312. The van der Waals surface area contributed by atoms with Crippen molar-refractivity contribution in [1.82, 2.24) is 9.88 Å². The average molecular weight is 334 g/mol. The van der Waals surface area contributed by atoms with Crippen molar-refractivity contribution < 1.29 is 0 Å². The molecule has 0 atom stereocenters. The number of pyridine rings is 1. The fourth-order valence-electron chi connectivity index (χ4n) is 2.06. The van der Waals surface area contributed by atoms with Gasteiger partial charge in [-0.3, -0.25) is 4.98 Å². The topological polar surface area (TPSA) is 28.2 Å². The zero-order chi connectivity index (χ0) is 14.2. The van der Waals surface area contributed by atoms with Crippen LogP contribution in [0.25, 0.3) is 0 Å². The molecule has 1 heterocycles. The van der Waals surface area contributed by atoms with E-state index in [0.717, 1.165) is 36.2 Å². The number of nitrogens with zero attached hydrogens (tertiary/aromatic N) is 2. The van der Waals surface area contributed by atoms with Gasteiger partial charge in [-0.25, -0.2) is 0 Å². The molecule has 1 N–H and O–H groups in total. The van der Waals surface area contributed by atoms with Gasteiger partial charge in [-0.15, -0.1) is 0 Å². The van der Waals surface area contributed by atoms with Crippen LogP contribution < -0.4 is 5.32 Å². The monoisotopic (exact) mass is 333 g/mol. The highest BCUT2D eigenvalue weighted by molar-refractivity contribution is 9.10. The van der Waals surface area contributed by atoms with Crippen molar-refractivity contribution in [3.8, 4) is 0 Å². The van der Waals surface area contributed by atoms with E-state index in [0.29, 0.717) is 0 Å². The van der Waals surface area contributed by atoms with Crippen LogP contribution in [0.2, 0.25) is 0 Å². The van der Waals surface area contributed by atoms with Gasteiger partial charge in [0.1, 0.15) is 0 Å². The van der Waals surface area contributed by atoms with Crippen molar-refractivity contribution in [3.63, 3.8) is 0 Å². The normalized spacial score (nSPS) is 10.8. The molecule has 0 bridgehead atoms. The van der Waals surface area contributed by atoms with Crippen molar-refractivity contribution >= 4 is 21.6 Å². The molecule has 0 unspecified atom stereocenters. The first kappa shape index (κ1) is 15.0. The van der Waals surface area contributed by atoms with E-state index in [1.165, 1.54) is 5.56 Å². The highest BCUT2D eigenvalue weighted by Gasteiger charge is 2.00. The maximum Gasteiger partial charge on any atom is 0.0538 e. The Labute approximate surface area is 129 Å². The van der Waals surface area contributed by atoms with Gasteiger partial charge >= 0.3 is 0 Å². The highest BCUT2D eigenvalue weighted by atomic mass is 79.9. The van der Waals surface area contributed by atoms with E-state index in [-0.39, 0.29) is 0 Å². The molecule has 2 rings (SSSR count). The molecule has 3 nitrogen and oxygen atoms in total. The Morgan fingerprint density at radius 1 is 1.20 bits per heavy atom. The van der Waals surface area contributed by atoms with Crippen LogP contribution in [0, 0.1) is 0 Å². The van der Waals surface area contributed by atoms with Gasteiger partial charge in [0.05, 0.1) is 11.9 Å². The Bertz CT molecular complexity index is 516. The second-order valence-corrected chi connectivity index (χ2v) is 5.81. The molecule has 0 fully saturated rings. The number of rotatable bonds is 7. The third kappa shape index (κ3) is 5.31. The summed E-state index contributed by atoms with van der Waals surface area (Å²) in [6.45, 7) is 3.03. The largest absolute Gasteiger partial charge is 0.384 e. The summed E-state index contributed by atoms with van der Waals surface area (Å²) < 4.78 is 1.00. The predicted octanol–water partition coefficient (Wildman–Crippen LogP) is 3.78. The molecule has 106 valence electrons. The first-order valence-electron chi connectivity index (χ1n) is 6.81. The maximum absolute atomic E-state index is 4.13. The molecular weight excluding hydrogens is 314 g/mol. The SMILES string of the molecule is CN(CCCNc1cncc(Br)c1)Cc1ccccc1. The lowest BCUT2D eigenvalue weighted by Crippen LogP contribution is -2.21. The van der Waals surface area contributed by atoms with E-state index in [2.05, 4.69) is 68.5 Å². The number of anilines is 1. The van der Waals surface area contributed by atoms with Crippen LogP contribution in [0.15, 0.2) is 53.3 Å². The fourth-order valence-corrected chi connectivity index (χ4v) is 2.43. The lowest BCUT2D eigenvalue weighted by Gasteiger charge is -2.17. The third-order valence-electron chi connectivity index (χ3n) is 3.05. The summed E-state index contributed by atoms with van der Waals surface area (Å²) >= 11 is 3.42. The molecule has 2 aromatic rings. The van der Waals surface area contributed by atoms with E-state index in [4.69, 9.17) is 0 Å². The molecule has 0 radical (unpaired) electrons. The van der Waals surface area contributed by atoms with E-state index >= 15 is 0 Å². The molecule has 0 aliphatic carbocycles. The lowest BCUT2D eigenvalue weighted by atomic mass is 10.2. The minimum Gasteiger partial charge on any atom is -0.384 e. The molecule has 0 amide bonds. The van der Waals surface area contributed by atoms with Crippen LogP contribution in [0.3, 0.4) is 0 Å². The van der Waals surface area contributed by atoms with Gasteiger partial charge in [0.15, 0.2) is 0 Å². The van der Waals surface area contributed by atoms with Crippen LogP contribution in [-0.2, 0) is 6.54 Å². The van der Waals surface area contributed by atoms with Gasteiger partial charge in [-0.05, 0) is 47.6 Å². The summed E-state index contributed by atoms with van der Waals surface area (Å²) in [5.74, 6) is 0. The van der Waals surface area contributed by atoms with Crippen molar-refractivity contribution in [2.75, 3.05) is 25.5 Å². The number of hydrogen-bond donors (Lipinski definition) is 1. The van der Waals surface area contributed by atoms with Crippen LogP contribution in [0.4, 0.5) is 5.69 Å². The summed E-state index contributed by atoms with van der Waals surface area (Å²) in [6, 6.07) is 12.6. The summed E-state index contributed by atoms with van der Waals surface area (Å²) in [5.41, 5.74) is 2.42.